The van der Waals surface area contributed by atoms with E-state index in [4.69, 9.17) is 16.3 Å². The van der Waals surface area contributed by atoms with E-state index in [0.29, 0.717) is 5.75 Å². The Bertz CT molecular complexity index is 574. The van der Waals surface area contributed by atoms with Crippen molar-refractivity contribution in [1.29, 1.82) is 0 Å². The molecule has 1 amide bonds. The minimum atomic E-state index is -3.81. The number of methoxy groups -OCH3 is 1. The van der Waals surface area contributed by atoms with Crippen LogP contribution in [-0.2, 0) is 14.8 Å². The Kier molecular flexibility index (Phi) is 5.16. The molecular formula is C11H15ClN2O4S. The number of amides is 1. The third-order valence-electron chi connectivity index (χ3n) is 2.41. The number of benzene rings is 1. The van der Waals surface area contributed by atoms with Crippen molar-refractivity contribution in [2.45, 2.75) is 17.9 Å². The monoisotopic (exact) mass is 306 g/mol. The van der Waals surface area contributed by atoms with Gasteiger partial charge in [-0.1, -0.05) is 11.6 Å². The zero-order chi connectivity index (χ0) is 14.6. The fourth-order valence-electron chi connectivity index (χ4n) is 1.39. The smallest absolute Gasteiger partial charge is 0.241 e. The number of ether oxygens (including phenoxy) is 1. The Labute approximate surface area is 117 Å². The highest BCUT2D eigenvalue weighted by Gasteiger charge is 2.22. The van der Waals surface area contributed by atoms with Gasteiger partial charge in [-0.15, -0.1) is 0 Å². The standard InChI is InChI=1S/C11H15ClN2O4S/c1-7(11(15)13-2)14-19(16,17)8-4-5-10(18-3)9(12)6-8/h4-7,14H,1-3H3,(H,13,15). The first kappa shape index (κ1) is 15.7. The molecule has 1 aromatic carbocycles. The first-order valence-electron chi connectivity index (χ1n) is 5.39. The lowest BCUT2D eigenvalue weighted by Crippen LogP contribution is -2.43. The number of carbonyl (C=O) groups excluding carboxylic acids is 1. The summed E-state index contributed by atoms with van der Waals surface area (Å²) in [6.45, 7) is 1.45. The van der Waals surface area contributed by atoms with Gasteiger partial charge in [-0.3, -0.25) is 4.79 Å². The molecule has 106 valence electrons. The SMILES string of the molecule is CNC(=O)C(C)NS(=O)(=O)c1ccc(OC)c(Cl)c1. The fraction of sp³-hybridized carbons (Fsp3) is 0.364. The number of sulfonamides is 1. The molecule has 0 bridgehead atoms. The maximum atomic E-state index is 12.0. The second-order valence-electron chi connectivity index (χ2n) is 3.75. The molecule has 8 heteroatoms. The van der Waals surface area contributed by atoms with Crippen LogP contribution in [0, 0.1) is 0 Å². The molecule has 1 aromatic rings. The molecule has 1 atom stereocenters. The van der Waals surface area contributed by atoms with Gasteiger partial charge in [-0.2, -0.15) is 4.72 Å². The van der Waals surface area contributed by atoms with E-state index in [9.17, 15) is 13.2 Å². The van der Waals surface area contributed by atoms with Crippen molar-refractivity contribution in [2.24, 2.45) is 0 Å². The number of nitrogens with one attached hydrogen (secondary N) is 2. The topological polar surface area (TPSA) is 84.5 Å². The van der Waals surface area contributed by atoms with Crippen LogP contribution in [-0.4, -0.2) is 34.5 Å². The average molecular weight is 307 g/mol. The largest absolute Gasteiger partial charge is 0.495 e. The van der Waals surface area contributed by atoms with E-state index in [1.165, 1.54) is 39.3 Å². The molecule has 0 saturated heterocycles. The summed E-state index contributed by atoms with van der Waals surface area (Å²) in [7, 11) is -0.953. The number of carbonyl (C=O) groups is 1. The Balaban J connectivity index is 3.01. The van der Waals surface area contributed by atoms with Crippen LogP contribution in [0.25, 0.3) is 0 Å². The van der Waals surface area contributed by atoms with Crippen LogP contribution in [0.3, 0.4) is 0 Å². The van der Waals surface area contributed by atoms with Crippen LogP contribution in [0.4, 0.5) is 0 Å². The van der Waals surface area contributed by atoms with E-state index in [-0.39, 0.29) is 9.92 Å². The van der Waals surface area contributed by atoms with E-state index in [2.05, 4.69) is 10.0 Å². The van der Waals surface area contributed by atoms with Crippen molar-refractivity contribution < 1.29 is 17.9 Å². The summed E-state index contributed by atoms with van der Waals surface area (Å²) in [5, 5.41) is 2.54. The average Bonchev–Trinajstić information content (AvgIpc) is 2.37. The van der Waals surface area contributed by atoms with Crippen molar-refractivity contribution in [1.82, 2.24) is 10.0 Å². The Hall–Kier alpha value is -1.31. The summed E-state index contributed by atoms with van der Waals surface area (Å²) in [6.07, 6.45) is 0. The van der Waals surface area contributed by atoms with Gasteiger partial charge >= 0.3 is 0 Å². The van der Waals surface area contributed by atoms with Crippen molar-refractivity contribution >= 4 is 27.5 Å². The number of halogens is 1. The third-order valence-corrected chi connectivity index (χ3v) is 4.24. The normalized spacial score (nSPS) is 12.8. The second kappa shape index (κ2) is 6.23. The molecule has 0 heterocycles. The number of hydrogen-bond donors (Lipinski definition) is 2. The summed E-state index contributed by atoms with van der Waals surface area (Å²) >= 11 is 5.87. The molecular weight excluding hydrogens is 292 g/mol. The maximum absolute atomic E-state index is 12.0. The molecule has 19 heavy (non-hydrogen) atoms. The van der Waals surface area contributed by atoms with Gasteiger partial charge in [0.05, 0.1) is 23.1 Å². The highest BCUT2D eigenvalue weighted by molar-refractivity contribution is 7.89. The molecule has 6 nitrogen and oxygen atoms in total. The molecule has 0 aliphatic carbocycles. The van der Waals surface area contributed by atoms with E-state index in [0.717, 1.165) is 0 Å². The summed E-state index contributed by atoms with van der Waals surface area (Å²) in [4.78, 5) is 11.3. The Morgan fingerprint density at radius 1 is 1.42 bits per heavy atom. The number of likely N-dealkylation sites (N-methyl/N-ethyl adjacent to an activating group) is 1. The molecule has 2 N–H and O–H groups in total. The van der Waals surface area contributed by atoms with Gasteiger partial charge in [0.25, 0.3) is 0 Å². The molecule has 0 saturated carbocycles. The number of hydrogen-bond acceptors (Lipinski definition) is 4. The van der Waals surface area contributed by atoms with Gasteiger partial charge in [0, 0.05) is 7.05 Å². The lowest BCUT2D eigenvalue weighted by molar-refractivity contribution is -0.121. The highest BCUT2D eigenvalue weighted by Crippen LogP contribution is 2.26. The zero-order valence-corrected chi connectivity index (χ0v) is 12.3. The molecule has 1 rings (SSSR count). The van der Waals surface area contributed by atoms with E-state index < -0.39 is 22.0 Å². The van der Waals surface area contributed by atoms with E-state index in [1.807, 2.05) is 0 Å². The summed E-state index contributed by atoms with van der Waals surface area (Å²) in [5.41, 5.74) is 0. The predicted octanol–water partition coefficient (Wildman–Crippen LogP) is 0.761. The summed E-state index contributed by atoms with van der Waals surface area (Å²) < 4.78 is 31.2. The van der Waals surface area contributed by atoms with Crippen LogP contribution in [0.15, 0.2) is 23.1 Å². The van der Waals surface area contributed by atoms with Crippen LogP contribution < -0.4 is 14.8 Å². The Morgan fingerprint density at radius 3 is 2.53 bits per heavy atom. The van der Waals surface area contributed by atoms with Crippen molar-refractivity contribution in [2.75, 3.05) is 14.2 Å². The second-order valence-corrected chi connectivity index (χ2v) is 5.87. The first-order chi connectivity index (χ1) is 8.81. The third kappa shape index (κ3) is 3.82. The minimum Gasteiger partial charge on any atom is -0.495 e. The van der Waals surface area contributed by atoms with Gasteiger partial charge in [-0.25, -0.2) is 8.42 Å². The van der Waals surface area contributed by atoms with Crippen LogP contribution in [0.2, 0.25) is 5.02 Å². The molecule has 0 aromatic heterocycles. The first-order valence-corrected chi connectivity index (χ1v) is 7.25. The summed E-state index contributed by atoms with van der Waals surface area (Å²) in [6, 6.07) is 3.18. The molecule has 0 aliphatic rings. The van der Waals surface area contributed by atoms with Crippen LogP contribution in [0.5, 0.6) is 5.75 Å². The maximum Gasteiger partial charge on any atom is 0.241 e. The van der Waals surface area contributed by atoms with Crippen molar-refractivity contribution in [3.05, 3.63) is 23.2 Å². The molecule has 0 aliphatic heterocycles. The molecule has 0 radical (unpaired) electrons. The number of rotatable bonds is 5. The lowest BCUT2D eigenvalue weighted by Gasteiger charge is -2.13. The van der Waals surface area contributed by atoms with Crippen LogP contribution >= 0.6 is 11.6 Å². The highest BCUT2D eigenvalue weighted by atomic mass is 35.5. The fourth-order valence-corrected chi connectivity index (χ4v) is 2.94. The zero-order valence-electron chi connectivity index (χ0n) is 10.7. The van der Waals surface area contributed by atoms with Gasteiger partial charge in [0.15, 0.2) is 0 Å². The van der Waals surface area contributed by atoms with Gasteiger partial charge in [-0.05, 0) is 25.1 Å². The predicted molar refractivity (Wildman–Crippen MR) is 71.9 cm³/mol. The summed E-state index contributed by atoms with van der Waals surface area (Å²) in [5.74, 6) is -0.0526. The quantitative estimate of drug-likeness (QED) is 0.841. The molecule has 0 spiro atoms. The van der Waals surface area contributed by atoms with Gasteiger partial charge < -0.3 is 10.1 Å². The molecule has 0 fully saturated rings. The van der Waals surface area contributed by atoms with Crippen LogP contribution in [0.1, 0.15) is 6.92 Å². The van der Waals surface area contributed by atoms with Gasteiger partial charge in [0.1, 0.15) is 5.75 Å². The lowest BCUT2D eigenvalue weighted by atomic mass is 10.3. The van der Waals surface area contributed by atoms with Crippen molar-refractivity contribution in [3.63, 3.8) is 0 Å². The van der Waals surface area contributed by atoms with E-state index >= 15 is 0 Å². The van der Waals surface area contributed by atoms with Gasteiger partial charge in [0.2, 0.25) is 15.9 Å². The minimum absolute atomic E-state index is 0.0333. The molecule has 1 unspecified atom stereocenters. The Morgan fingerprint density at radius 2 is 2.05 bits per heavy atom. The van der Waals surface area contributed by atoms with Crippen molar-refractivity contribution in [3.8, 4) is 5.75 Å². The van der Waals surface area contributed by atoms with E-state index in [1.54, 1.807) is 0 Å².